The number of carboxylic acid groups (broad SMARTS) is 1. The Morgan fingerprint density at radius 2 is 1.82 bits per heavy atom. The first-order chi connectivity index (χ1) is 8.20. The molecule has 0 heterocycles. The van der Waals surface area contributed by atoms with Crippen molar-refractivity contribution in [2.45, 2.75) is 19.3 Å². The number of fused-ring (bicyclic) bond motifs is 1. The number of hydrogen-bond acceptors (Lipinski definition) is 1. The van der Waals surface area contributed by atoms with Crippen LogP contribution in [0.5, 0.6) is 0 Å². The van der Waals surface area contributed by atoms with Gasteiger partial charge in [0.25, 0.3) is 0 Å². The quantitative estimate of drug-likeness (QED) is 0.872. The zero-order chi connectivity index (χ0) is 11.9. The largest absolute Gasteiger partial charge is 0.481 e. The van der Waals surface area contributed by atoms with E-state index in [2.05, 4.69) is 24.3 Å². The standard InChI is InChI=1S/C15H14O2/c16-14(17)15(7-8-15)10-11-5-6-12-3-1-2-4-13(12)9-11/h1-6,9H,7-8,10H2,(H,16,17). The van der Waals surface area contributed by atoms with E-state index in [1.165, 1.54) is 10.8 Å². The van der Waals surface area contributed by atoms with E-state index in [1.807, 2.05) is 18.2 Å². The van der Waals surface area contributed by atoms with Gasteiger partial charge in [0.1, 0.15) is 0 Å². The predicted molar refractivity (Wildman–Crippen MR) is 67.0 cm³/mol. The minimum absolute atomic E-state index is 0.470. The molecule has 1 fully saturated rings. The summed E-state index contributed by atoms with van der Waals surface area (Å²) in [6.07, 6.45) is 2.29. The molecular formula is C15H14O2. The van der Waals surface area contributed by atoms with E-state index in [-0.39, 0.29) is 0 Å². The fourth-order valence-electron chi connectivity index (χ4n) is 2.36. The molecule has 3 rings (SSSR count). The summed E-state index contributed by atoms with van der Waals surface area (Å²) < 4.78 is 0. The van der Waals surface area contributed by atoms with E-state index < -0.39 is 11.4 Å². The number of benzene rings is 2. The molecule has 2 nitrogen and oxygen atoms in total. The van der Waals surface area contributed by atoms with E-state index in [0.29, 0.717) is 6.42 Å². The summed E-state index contributed by atoms with van der Waals surface area (Å²) in [5.74, 6) is -0.648. The maximum absolute atomic E-state index is 11.2. The molecule has 0 aliphatic heterocycles. The molecule has 0 spiro atoms. The number of aliphatic carboxylic acids is 1. The number of rotatable bonds is 3. The van der Waals surface area contributed by atoms with Crippen LogP contribution in [0.1, 0.15) is 18.4 Å². The lowest BCUT2D eigenvalue weighted by atomic mass is 9.95. The molecule has 86 valence electrons. The Labute approximate surface area is 99.9 Å². The van der Waals surface area contributed by atoms with Gasteiger partial charge in [0.2, 0.25) is 0 Å². The lowest BCUT2D eigenvalue weighted by Gasteiger charge is -2.10. The van der Waals surface area contributed by atoms with Gasteiger partial charge in [-0.2, -0.15) is 0 Å². The smallest absolute Gasteiger partial charge is 0.309 e. The number of carbonyl (C=O) groups is 1. The van der Waals surface area contributed by atoms with Gasteiger partial charge in [0, 0.05) is 0 Å². The predicted octanol–water partition coefficient (Wildman–Crippen LogP) is 3.25. The molecule has 0 amide bonds. The molecule has 0 unspecified atom stereocenters. The topological polar surface area (TPSA) is 37.3 Å². The first kappa shape index (κ1) is 10.3. The Kier molecular flexibility index (Phi) is 2.18. The third-order valence-corrected chi connectivity index (χ3v) is 3.66. The van der Waals surface area contributed by atoms with Crippen molar-refractivity contribution in [2.75, 3.05) is 0 Å². The van der Waals surface area contributed by atoms with Gasteiger partial charge in [-0.25, -0.2) is 0 Å². The number of hydrogen-bond donors (Lipinski definition) is 1. The van der Waals surface area contributed by atoms with Gasteiger partial charge in [0.05, 0.1) is 5.41 Å². The maximum atomic E-state index is 11.2. The highest BCUT2D eigenvalue weighted by atomic mass is 16.4. The fourth-order valence-corrected chi connectivity index (χ4v) is 2.36. The van der Waals surface area contributed by atoms with Crippen molar-refractivity contribution < 1.29 is 9.90 Å². The second-order valence-corrected chi connectivity index (χ2v) is 4.94. The molecule has 0 radical (unpaired) electrons. The van der Waals surface area contributed by atoms with Crippen molar-refractivity contribution in [2.24, 2.45) is 5.41 Å². The Morgan fingerprint density at radius 3 is 2.47 bits per heavy atom. The lowest BCUT2D eigenvalue weighted by molar-refractivity contribution is -0.143. The van der Waals surface area contributed by atoms with Crippen LogP contribution in [0.3, 0.4) is 0 Å². The average Bonchev–Trinajstić information content (AvgIpc) is 3.10. The van der Waals surface area contributed by atoms with Gasteiger partial charge >= 0.3 is 5.97 Å². The zero-order valence-electron chi connectivity index (χ0n) is 9.52. The van der Waals surface area contributed by atoms with Crippen LogP contribution in [-0.2, 0) is 11.2 Å². The monoisotopic (exact) mass is 226 g/mol. The van der Waals surface area contributed by atoms with Gasteiger partial charge in [-0.3, -0.25) is 4.79 Å². The normalized spacial score (nSPS) is 16.9. The second-order valence-electron chi connectivity index (χ2n) is 4.94. The van der Waals surface area contributed by atoms with Crippen LogP contribution in [-0.4, -0.2) is 11.1 Å². The van der Waals surface area contributed by atoms with Crippen molar-refractivity contribution in [1.82, 2.24) is 0 Å². The highest BCUT2D eigenvalue weighted by molar-refractivity contribution is 5.83. The highest BCUT2D eigenvalue weighted by Crippen LogP contribution is 2.48. The van der Waals surface area contributed by atoms with E-state index in [4.69, 9.17) is 0 Å². The van der Waals surface area contributed by atoms with Crippen LogP contribution < -0.4 is 0 Å². The molecule has 2 heteroatoms. The Morgan fingerprint density at radius 1 is 1.12 bits per heavy atom. The minimum Gasteiger partial charge on any atom is -0.481 e. The minimum atomic E-state index is -0.648. The molecule has 2 aromatic carbocycles. The summed E-state index contributed by atoms with van der Waals surface area (Å²) in [6.45, 7) is 0. The summed E-state index contributed by atoms with van der Waals surface area (Å²) in [6, 6.07) is 14.4. The molecule has 1 N–H and O–H groups in total. The summed E-state index contributed by atoms with van der Waals surface area (Å²) in [4.78, 5) is 11.2. The average molecular weight is 226 g/mol. The summed E-state index contributed by atoms with van der Waals surface area (Å²) in [5, 5.41) is 11.6. The van der Waals surface area contributed by atoms with E-state index in [1.54, 1.807) is 0 Å². The molecule has 2 aromatic rings. The van der Waals surface area contributed by atoms with Gasteiger partial charge in [-0.05, 0) is 35.6 Å². The van der Waals surface area contributed by atoms with Crippen LogP contribution in [0.25, 0.3) is 10.8 Å². The van der Waals surface area contributed by atoms with E-state index in [0.717, 1.165) is 18.4 Å². The van der Waals surface area contributed by atoms with Crippen molar-refractivity contribution in [1.29, 1.82) is 0 Å². The summed E-state index contributed by atoms with van der Waals surface area (Å²) in [5.41, 5.74) is 0.659. The van der Waals surface area contributed by atoms with Gasteiger partial charge < -0.3 is 5.11 Å². The second kappa shape index (κ2) is 3.59. The third-order valence-electron chi connectivity index (χ3n) is 3.66. The third kappa shape index (κ3) is 1.80. The van der Waals surface area contributed by atoms with Crippen molar-refractivity contribution >= 4 is 16.7 Å². The van der Waals surface area contributed by atoms with Crippen LogP contribution in [0.4, 0.5) is 0 Å². The van der Waals surface area contributed by atoms with Crippen molar-refractivity contribution in [3.05, 3.63) is 48.0 Å². The van der Waals surface area contributed by atoms with E-state index in [9.17, 15) is 9.90 Å². The Hall–Kier alpha value is -1.83. The SMILES string of the molecule is O=C(O)C1(Cc2ccc3ccccc3c2)CC1. The van der Waals surface area contributed by atoms with Crippen LogP contribution in [0.15, 0.2) is 42.5 Å². The van der Waals surface area contributed by atoms with Crippen molar-refractivity contribution in [3.63, 3.8) is 0 Å². The van der Waals surface area contributed by atoms with Crippen molar-refractivity contribution in [3.8, 4) is 0 Å². The Bertz CT molecular complexity index is 582. The van der Waals surface area contributed by atoms with Gasteiger partial charge in [-0.1, -0.05) is 42.5 Å². The molecule has 0 aromatic heterocycles. The first-order valence-corrected chi connectivity index (χ1v) is 5.91. The molecule has 1 saturated carbocycles. The Balaban J connectivity index is 1.94. The molecule has 17 heavy (non-hydrogen) atoms. The lowest BCUT2D eigenvalue weighted by Crippen LogP contribution is -2.17. The van der Waals surface area contributed by atoms with Crippen LogP contribution in [0, 0.1) is 5.41 Å². The molecule has 0 saturated heterocycles. The van der Waals surface area contributed by atoms with Gasteiger partial charge in [0.15, 0.2) is 0 Å². The summed E-state index contributed by atoms with van der Waals surface area (Å²) >= 11 is 0. The van der Waals surface area contributed by atoms with Crippen LogP contribution >= 0.6 is 0 Å². The highest BCUT2D eigenvalue weighted by Gasteiger charge is 2.49. The first-order valence-electron chi connectivity index (χ1n) is 5.91. The fraction of sp³-hybridized carbons (Fsp3) is 0.267. The number of carboxylic acids is 1. The zero-order valence-corrected chi connectivity index (χ0v) is 9.52. The maximum Gasteiger partial charge on any atom is 0.309 e. The molecule has 1 aliphatic rings. The summed E-state index contributed by atoms with van der Waals surface area (Å²) in [7, 11) is 0. The molecular weight excluding hydrogens is 212 g/mol. The van der Waals surface area contributed by atoms with E-state index >= 15 is 0 Å². The van der Waals surface area contributed by atoms with Crippen LogP contribution in [0.2, 0.25) is 0 Å². The molecule has 0 bridgehead atoms. The molecule has 1 aliphatic carbocycles. The van der Waals surface area contributed by atoms with Gasteiger partial charge in [-0.15, -0.1) is 0 Å². The molecule has 0 atom stereocenters.